The summed E-state index contributed by atoms with van der Waals surface area (Å²) in [6.45, 7) is 4.03. The van der Waals surface area contributed by atoms with Gasteiger partial charge in [0, 0.05) is 17.7 Å². The molecule has 1 saturated heterocycles. The van der Waals surface area contributed by atoms with Crippen LogP contribution in [-0.4, -0.2) is 62.3 Å². The second-order valence-corrected chi connectivity index (χ2v) is 9.32. The number of hydrogen-bond donors (Lipinski definition) is 0. The maximum absolute atomic E-state index is 6.04. The Kier molecular flexibility index (Phi) is 8.14. The molecule has 38 heavy (non-hydrogen) atoms. The third kappa shape index (κ3) is 5.48. The average Bonchev–Trinajstić information content (AvgIpc) is 3.43. The largest absolute Gasteiger partial charge is 0.493 e. The van der Waals surface area contributed by atoms with Crippen molar-refractivity contribution in [1.29, 1.82) is 0 Å². The van der Waals surface area contributed by atoms with Crippen LogP contribution in [0.1, 0.15) is 19.3 Å². The minimum Gasteiger partial charge on any atom is -0.493 e. The van der Waals surface area contributed by atoms with Crippen LogP contribution < -0.4 is 18.9 Å². The molecule has 0 bridgehead atoms. The zero-order valence-electron chi connectivity index (χ0n) is 22.4. The Balaban J connectivity index is 1.45. The van der Waals surface area contributed by atoms with Gasteiger partial charge in [0.05, 0.1) is 38.4 Å². The average molecular weight is 514 g/mol. The Morgan fingerprint density at radius 1 is 0.763 bits per heavy atom. The minimum atomic E-state index is 0.543. The van der Waals surface area contributed by atoms with Gasteiger partial charge in [0.1, 0.15) is 12.4 Å². The summed E-state index contributed by atoms with van der Waals surface area (Å²) >= 11 is 0. The van der Waals surface area contributed by atoms with Gasteiger partial charge in [0.25, 0.3) is 0 Å². The van der Waals surface area contributed by atoms with Crippen LogP contribution >= 0.6 is 0 Å². The number of aromatic nitrogens is 2. The third-order valence-electron chi connectivity index (χ3n) is 6.97. The number of benzene rings is 3. The normalized spacial score (nSPS) is 13.8. The van der Waals surface area contributed by atoms with E-state index in [1.807, 2.05) is 59.3 Å². The highest BCUT2D eigenvalue weighted by molar-refractivity contribution is 5.78. The molecule has 2 heterocycles. The fraction of sp³-hybridized carbons (Fsp3) is 0.323. The summed E-state index contributed by atoms with van der Waals surface area (Å²) in [7, 11) is 4.86. The predicted octanol–water partition coefficient (Wildman–Crippen LogP) is 6.10. The third-order valence-corrected chi connectivity index (χ3v) is 6.97. The molecule has 1 aliphatic rings. The van der Waals surface area contributed by atoms with E-state index < -0.39 is 0 Å². The number of ether oxygens (including phenoxy) is 4. The number of piperidine rings is 1. The zero-order chi connectivity index (χ0) is 26.3. The second-order valence-electron chi connectivity index (χ2n) is 9.32. The molecule has 1 aliphatic heterocycles. The summed E-state index contributed by atoms with van der Waals surface area (Å²) in [5.41, 5.74) is 4.53. The van der Waals surface area contributed by atoms with Gasteiger partial charge < -0.3 is 18.9 Å². The van der Waals surface area contributed by atoms with Crippen LogP contribution in [-0.2, 0) is 0 Å². The quantitative estimate of drug-likeness (QED) is 0.256. The van der Waals surface area contributed by atoms with Gasteiger partial charge in [0.2, 0.25) is 5.75 Å². The molecule has 0 unspecified atom stereocenters. The van der Waals surface area contributed by atoms with E-state index in [0.717, 1.165) is 40.5 Å². The van der Waals surface area contributed by atoms with Crippen LogP contribution in [0.25, 0.3) is 28.2 Å². The summed E-state index contributed by atoms with van der Waals surface area (Å²) in [5.74, 6) is 2.61. The molecule has 5 rings (SSSR count). The van der Waals surface area contributed by atoms with E-state index in [1.165, 1.54) is 32.4 Å². The van der Waals surface area contributed by atoms with Crippen molar-refractivity contribution in [2.75, 3.05) is 47.6 Å². The van der Waals surface area contributed by atoms with Crippen molar-refractivity contribution in [2.45, 2.75) is 19.3 Å². The van der Waals surface area contributed by atoms with Gasteiger partial charge >= 0.3 is 0 Å². The maximum atomic E-state index is 6.04. The highest BCUT2D eigenvalue weighted by atomic mass is 16.5. The number of rotatable bonds is 10. The zero-order valence-corrected chi connectivity index (χ0v) is 22.4. The molecule has 1 aromatic heterocycles. The molecule has 0 aliphatic carbocycles. The van der Waals surface area contributed by atoms with Gasteiger partial charge in [-0.25, -0.2) is 4.68 Å². The summed E-state index contributed by atoms with van der Waals surface area (Å²) in [6.07, 6.45) is 3.93. The van der Waals surface area contributed by atoms with Crippen molar-refractivity contribution in [3.63, 3.8) is 0 Å². The molecule has 0 N–H and O–H groups in total. The van der Waals surface area contributed by atoms with Crippen LogP contribution in [0.4, 0.5) is 0 Å². The maximum Gasteiger partial charge on any atom is 0.203 e. The summed E-state index contributed by atoms with van der Waals surface area (Å²) in [5, 5.41) is 5.00. The van der Waals surface area contributed by atoms with Crippen LogP contribution in [0.3, 0.4) is 0 Å². The van der Waals surface area contributed by atoms with Gasteiger partial charge in [-0.15, -0.1) is 0 Å². The number of para-hydroxylation sites is 1. The van der Waals surface area contributed by atoms with Crippen LogP contribution in [0, 0.1) is 0 Å². The van der Waals surface area contributed by atoms with E-state index in [2.05, 4.69) is 23.1 Å². The smallest absolute Gasteiger partial charge is 0.203 e. The van der Waals surface area contributed by atoms with Crippen molar-refractivity contribution in [2.24, 2.45) is 0 Å². The first-order chi connectivity index (χ1) is 18.7. The molecule has 7 heteroatoms. The van der Waals surface area contributed by atoms with Crippen molar-refractivity contribution in [3.8, 4) is 51.2 Å². The predicted molar refractivity (Wildman–Crippen MR) is 150 cm³/mol. The lowest BCUT2D eigenvalue weighted by Gasteiger charge is -2.26. The first kappa shape index (κ1) is 25.7. The Morgan fingerprint density at radius 2 is 1.50 bits per heavy atom. The lowest BCUT2D eigenvalue weighted by Crippen LogP contribution is -2.33. The van der Waals surface area contributed by atoms with Gasteiger partial charge in [0.15, 0.2) is 11.5 Å². The molecule has 0 radical (unpaired) electrons. The van der Waals surface area contributed by atoms with Crippen molar-refractivity contribution < 1.29 is 18.9 Å². The van der Waals surface area contributed by atoms with Crippen LogP contribution in [0.15, 0.2) is 72.8 Å². The Bertz CT molecular complexity index is 1330. The van der Waals surface area contributed by atoms with Crippen molar-refractivity contribution >= 4 is 0 Å². The van der Waals surface area contributed by atoms with E-state index in [1.54, 1.807) is 21.3 Å². The molecule has 0 atom stereocenters. The number of hydrogen-bond acceptors (Lipinski definition) is 6. The molecular formula is C31H35N3O4. The molecule has 0 spiro atoms. The van der Waals surface area contributed by atoms with Crippen molar-refractivity contribution in [1.82, 2.24) is 14.7 Å². The van der Waals surface area contributed by atoms with E-state index >= 15 is 0 Å². The number of nitrogens with zero attached hydrogens (tertiary/aromatic N) is 3. The van der Waals surface area contributed by atoms with Crippen molar-refractivity contribution in [3.05, 3.63) is 72.8 Å². The molecule has 1 fully saturated rings. The topological polar surface area (TPSA) is 58.0 Å². The molecule has 0 saturated carbocycles. The van der Waals surface area contributed by atoms with Gasteiger partial charge in [-0.05, 0) is 80.5 Å². The van der Waals surface area contributed by atoms with Gasteiger partial charge in [-0.1, -0.05) is 24.6 Å². The van der Waals surface area contributed by atoms with E-state index in [9.17, 15) is 0 Å². The first-order valence-electron chi connectivity index (χ1n) is 13.1. The Morgan fingerprint density at radius 3 is 2.18 bits per heavy atom. The van der Waals surface area contributed by atoms with Gasteiger partial charge in [-0.2, -0.15) is 5.10 Å². The molecule has 198 valence electrons. The minimum absolute atomic E-state index is 0.543. The van der Waals surface area contributed by atoms with Crippen LogP contribution in [0.2, 0.25) is 0 Å². The van der Waals surface area contributed by atoms with Crippen LogP contribution in [0.5, 0.6) is 23.0 Å². The highest BCUT2D eigenvalue weighted by Crippen LogP contribution is 2.45. The molecule has 7 nitrogen and oxygen atoms in total. The molecule has 3 aromatic carbocycles. The van der Waals surface area contributed by atoms with Gasteiger partial charge in [-0.3, -0.25) is 4.90 Å². The molecule has 0 amide bonds. The van der Waals surface area contributed by atoms with E-state index in [4.69, 9.17) is 24.0 Å². The second kappa shape index (κ2) is 12.0. The first-order valence-corrected chi connectivity index (χ1v) is 13.1. The summed E-state index contributed by atoms with van der Waals surface area (Å²) < 4.78 is 24.9. The molecule has 4 aromatic rings. The lowest BCUT2D eigenvalue weighted by atomic mass is 10.1. The Hall–Kier alpha value is -3.97. The summed E-state index contributed by atoms with van der Waals surface area (Å²) in [6, 6.07) is 24.1. The fourth-order valence-electron chi connectivity index (χ4n) is 4.98. The van der Waals surface area contributed by atoms with E-state index in [-0.39, 0.29) is 0 Å². The number of likely N-dealkylation sites (tertiary alicyclic amines) is 1. The highest BCUT2D eigenvalue weighted by Gasteiger charge is 2.22. The lowest BCUT2D eigenvalue weighted by molar-refractivity contribution is 0.183. The summed E-state index contributed by atoms with van der Waals surface area (Å²) in [4.78, 5) is 2.48. The SMILES string of the molecule is COc1ccc(-c2cc(-c3ccc(OCCN4CCCCC4)cc3)nn2-c2ccccc2)c(OC)c1OC. The Labute approximate surface area is 224 Å². The monoisotopic (exact) mass is 513 g/mol. The number of methoxy groups -OCH3 is 3. The van der Waals surface area contributed by atoms with E-state index in [0.29, 0.717) is 23.9 Å². The standard InChI is InChI=1S/C31H35N3O4/c1-35-29-17-16-26(30(36-2)31(29)37-3)28-22-27(32-34(28)24-10-6-4-7-11-24)23-12-14-25(15-13-23)38-21-20-33-18-8-5-9-19-33/h4,6-7,10-17,22H,5,8-9,18-21H2,1-3H3. The molecular weight excluding hydrogens is 478 g/mol. The fourth-order valence-corrected chi connectivity index (χ4v) is 4.98.